The molecule has 5 nitrogen and oxygen atoms in total. The summed E-state index contributed by atoms with van der Waals surface area (Å²) in [6.45, 7) is 4.23. The van der Waals surface area contributed by atoms with Crippen LogP contribution in [0.2, 0.25) is 0 Å². The van der Waals surface area contributed by atoms with Crippen molar-refractivity contribution in [3.05, 3.63) is 16.1 Å². The predicted octanol–water partition coefficient (Wildman–Crippen LogP) is 3.02. The standard InChI is InChI=1S/C15H22N2O3S/c1-3-20-15(19)14-17-12(9-21-14)13(18)16-11-8-6-4-5-7-10(11)2/h9-11H,3-8H2,1-2H3,(H,16,18). The molecule has 2 rings (SSSR count). The van der Waals surface area contributed by atoms with Crippen LogP contribution in [0.1, 0.15) is 66.2 Å². The number of hydrogen-bond acceptors (Lipinski definition) is 5. The van der Waals surface area contributed by atoms with Gasteiger partial charge in [-0.15, -0.1) is 11.3 Å². The van der Waals surface area contributed by atoms with Crippen molar-refractivity contribution in [2.75, 3.05) is 6.61 Å². The van der Waals surface area contributed by atoms with E-state index in [0.717, 1.165) is 30.6 Å². The number of hydrogen-bond donors (Lipinski definition) is 1. The lowest BCUT2D eigenvalue weighted by atomic mass is 9.97. The van der Waals surface area contributed by atoms with Crippen molar-refractivity contribution in [3.63, 3.8) is 0 Å². The van der Waals surface area contributed by atoms with E-state index >= 15 is 0 Å². The lowest BCUT2D eigenvalue weighted by Crippen LogP contribution is -2.39. The molecule has 1 aliphatic rings. The van der Waals surface area contributed by atoms with Crippen molar-refractivity contribution in [1.29, 1.82) is 0 Å². The normalized spacial score (nSPS) is 22.4. The van der Waals surface area contributed by atoms with Crippen LogP contribution in [-0.4, -0.2) is 29.5 Å². The average Bonchev–Trinajstić information content (AvgIpc) is 2.87. The summed E-state index contributed by atoms with van der Waals surface area (Å²) in [6.07, 6.45) is 5.79. The minimum Gasteiger partial charge on any atom is -0.461 e. The summed E-state index contributed by atoms with van der Waals surface area (Å²) in [5, 5.41) is 4.91. The van der Waals surface area contributed by atoms with E-state index in [-0.39, 0.29) is 17.0 Å². The van der Waals surface area contributed by atoms with Gasteiger partial charge in [0.15, 0.2) is 0 Å². The van der Waals surface area contributed by atoms with E-state index in [2.05, 4.69) is 17.2 Å². The molecule has 1 heterocycles. The minimum absolute atomic E-state index is 0.194. The van der Waals surface area contributed by atoms with Gasteiger partial charge in [-0.3, -0.25) is 4.79 Å². The van der Waals surface area contributed by atoms with Gasteiger partial charge in [-0.2, -0.15) is 0 Å². The van der Waals surface area contributed by atoms with E-state index in [1.807, 2.05) is 0 Å². The molecule has 0 bridgehead atoms. The molecule has 1 saturated carbocycles. The molecular weight excluding hydrogens is 288 g/mol. The molecule has 0 aliphatic heterocycles. The fourth-order valence-electron chi connectivity index (χ4n) is 2.61. The molecule has 1 amide bonds. The number of carbonyl (C=O) groups excluding carboxylic acids is 2. The first kappa shape index (κ1) is 15.9. The Morgan fingerprint density at radius 1 is 1.38 bits per heavy atom. The molecule has 6 heteroatoms. The van der Waals surface area contributed by atoms with Crippen LogP contribution < -0.4 is 5.32 Å². The van der Waals surface area contributed by atoms with Gasteiger partial charge >= 0.3 is 5.97 Å². The lowest BCUT2D eigenvalue weighted by molar-refractivity contribution is 0.0526. The van der Waals surface area contributed by atoms with Crippen LogP contribution >= 0.6 is 11.3 Å². The first-order valence-corrected chi connectivity index (χ1v) is 8.43. The first-order valence-electron chi connectivity index (χ1n) is 7.55. The van der Waals surface area contributed by atoms with Crippen LogP contribution in [0.5, 0.6) is 0 Å². The molecule has 0 radical (unpaired) electrons. The Labute approximate surface area is 129 Å². The SMILES string of the molecule is CCOC(=O)c1nc(C(=O)NC2CCCCCC2C)cs1. The minimum atomic E-state index is -0.468. The third kappa shape index (κ3) is 4.27. The third-order valence-corrected chi connectivity index (χ3v) is 4.69. The summed E-state index contributed by atoms with van der Waals surface area (Å²) in [5.74, 6) is -0.176. The van der Waals surface area contributed by atoms with E-state index in [1.165, 1.54) is 12.8 Å². The zero-order chi connectivity index (χ0) is 15.2. The Kier molecular flexibility index (Phi) is 5.73. The largest absolute Gasteiger partial charge is 0.461 e. The van der Waals surface area contributed by atoms with Crippen LogP contribution in [0.3, 0.4) is 0 Å². The van der Waals surface area contributed by atoms with E-state index in [0.29, 0.717) is 18.2 Å². The summed E-state index contributed by atoms with van der Waals surface area (Å²) < 4.78 is 4.88. The molecule has 2 unspecified atom stereocenters. The number of ether oxygens (including phenoxy) is 1. The molecule has 1 N–H and O–H groups in total. The molecule has 0 aromatic carbocycles. The van der Waals surface area contributed by atoms with Gasteiger partial charge in [0.05, 0.1) is 6.61 Å². The second kappa shape index (κ2) is 7.54. The van der Waals surface area contributed by atoms with E-state index in [9.17, 15) is 9.59 Å². The summed E-state index contributed by atoms with van der Waals surface area (Å²) in [5.41, 5.74) is 0.305. The number of nitrogens with zero attached hydrogens (tertiary/aromatic N) is 1. The van der Waals surface area contributed by atoms with Crippen molar-refractivity contribution in [2.24, 2.45) is 5.92 Å². The number of aromatic nitrogens is 1. The van der Waals surface area contributed by atoms with Crippen molar-refractivity contribution in [2.45, 2.75) is 52.0 Å². The summed E-state index contributed by atoms with van der Waals surface area (Å²) in [4.78, 5) is 27.9. The van der Waals surface area contributed by atoms with Crippen molar-refractivity contribution in [3.8, 4) is 0 Å². The molecule has 0 saturated heterocycles. The maximum Gasteiger partial charge on any atom is 0.367 e. The number of carbonyl (C=O) groups is 2. The molecule has 1 aromatic rings. The maximum absolute atomic E-state index is 12.2. The van der Waals surface area contributed by atoms with Gasteiger partial charge in [-0.05, 0) is 25.7 Å². The Bertz CT molecular complexity index is 501. The zero-order valence-corrected chi connectivity index (χ0v) is 13.4. The third-order valence-electron chi connectivity index (χ3n) is 3.86. The molecule has 21 heavy (non-hydrogen) atoms. The maximum atomic E-state index is 12.2. The molecule has 1 aromatic heterocycles. The average molecular weight is 310 g/mol. The molecular formula is C15H22N2O3S. The number of nitrogens with one attached hydrogen (secondary N) is 1. The van der Waals surface area contributed by atoms with Crippen molar-refractivity contribution < 1.29 is 14.3 Å². The van der Waals surface area contributed by atoms with Gasteiger partial charge in [0, 0.05) is 11.4 Å². The van der Waals surface area contributed by atoms with Gasteiger partial charge in [0.1, 0.15) is 5.69 Å². The second-order valence-electron chi connectivity index (χ2n) is 5.45. The number of rotatable bonds is 4. The van der Waals surface area contributed by atoms with Crippen LogP contribution in [-0.2, 0) is 4.74 Å². The zero-order valence-electron chi connectivity index (χ0n) is 12.6. The monoisotopic (exact) mass is 310 g/mol. The Morgan fingerprint density at radius 3 is 2.90 bits per heavy atom. The van der Waals surface area contributed by atoms with Gasteiger partial charge in [0.25, 0.3) is 5.91 Å². The van der Waals surface area contributed by atoms with Gasteiger partial charge in [-0.25, -0.2) is 9.78 Å². The Morgan fingerprint density at radius 2 is 2.14 bits per heavy atom. The van der Waals surface area contributed by atoms with Crippen molar-refractivity contribution >= 4 is 23.2 Å². The highest BCUT2D eigenvalue weighted by atomic mass is 32.1. The summed E-state index contributed by atoms with van der Waals surface area (Å²) in [6, 6.07) is 0.202. The predicted molar refractivity (Wildman–Crippen MR) is 81.6 cm³/mol. The van der Waals surface area contributed by atoms with Crippen molar-refractivity contribution in [1.82, 2.24) is 10.3 Å². The molecule has 1 fully saturated rings. The lowest BCUT2D eigenvalue weighted by Gasteiger charge is -2.22. The Hall–Kier alpha value is -1.43. The van der Waals surface area contributed by atoms with Crippen LogP contribution in [0.25, 0.3) is 0 Å². The first-order chi connectivity index (χ1) is 10.1. The molecule has 116 valence electrons. The highest BCUT2D eigenvalue weighted by molar-refractivity contribution is 7.11. The number of amides is 1. The molecule has 0 spiro atoms. The summed E-state index contributed by atoms with van der Waals surface area (Å²) in [7, 11) is 0. The van der Waals surface area contributed by atoms with Crippen LogP contribution in [0, 0.1) is 5.92 Å². The highest BCUT2D eigenvalue weighted by Crippen LogP contribution is 2.23. The van der Waals surface area contributed by atoms with Crippen LogP contribution in [0.4, 0.5) is 0 Å². The van der Waals surface area contributed by atoms with Gasteiger partial charge < -0.3 is 10.1 Å². The fourth-order valence-corrected chi connectivity index (χ4v) is 3.30. The quantitative estimate of drug-likeness (QED) is 0.685. The molecule has 2 atom stereocenters. The number of thiazole rings is 1. The van der Waals surface area contributed by atoms with E-state index in [4.69, 9.17) is 4.74 Å². The number of esters is 1. The second-order valence-corrected chi connectivity index (χ2v) is 6.31. The van der Waals surface area contributed by atoms with Gasteiger partial charge in [-0.1, -0.05) is 26.2 Å². The van der Waals surface area contributed by atoms with Gasteiger partial charge in [0.2, 0.25) is 5.01 Å². The Balaban J connectivity index is 1.98. The van der Waals surface area contributed by atoms with E-state index in [1.54, 1.807) is 12.3 Å². The van der Waals surface area contributed by atoms with E-state index < -0.39 is 5.97 Å². The highest BCUT2D eigenvalue weighted by Gasteiger charge is 2.23. The topological polar surface area (TPSA) is 68.3 Å². The van der Waals surface area contributed by atoms with Crippen LogP contribution in [0.15, 0.2) is 5.38 Å². The fraction of sp³-hybridized carbons (Fsp3) is 0.667. The summed E-state index contributed by atoms with van der Waals surface area (Å²) >= 11 is 1.15. The molecule has 1 aliphatic carbocycles. The smallest absolute Gasteiger partial charge is 0.367 e.